The second kappa shape index (κ2) is 10.7. The van der Waals surface area contributed by atoms with Gasteiger partial charge in [0.05, 0.1) is 0 Å². The lowest BCUT2D eigenvalue weighted by Crippen LogP contribution is -2.35. The highest BCUT2D eigenvalue weighted by atomic mass is 16.1. The van der Waals surface area contributed by atoms with Crippen LogP contribution in [0.3, 0.4) is 0 Å². The Bertz CT molecular complexity index is 1440. The SMILES string of the molecule is CCn1c2ccc(C(=O)c3ccccc3C)cc2c2cc(C3(C4CCCCCC4)CCCCCC3)ccc21. The van der Waals surface area contributed by atoms with Crippen molar-refractivity contribution >= 4 is 27.6 Å². The van der Waals surface area contributed by atoms with Crippen LogP contribution in [0.1, 0.15) is 111 Å². The highest BCUT2D eigenvalue weighted by Crippen LogP contribution is 2.50. The quantitative estimate of drug-likeness (QED) is 0.195. The van der Waals surface area contributed by atoms with Gasteiger partial charge >= 0.3 is 0 Å². The summed E-state index contributed by atoms with van der Waals surface area (Å²) < 4.78 is 2.43. The molecule has 0 amide bonds. The Morgan fingerprint density at radius 1 is 0.789 bits per heavy atom. The Kier molecular flexibility index (Phi) is 7.16. The third-order valence-electron chi connectivity index (χ3n) is 10.0. The van der Waals surface area contributed by atoms with Gasteiger partial charge in [-0.2, -0.15) is 0 Å². The molecule has 2 nitrogen and oxygen atoms in total. The summed E-state index contributed by atoms with van der Waals surface area (Å²) in [6.45, 7) is 5.19. The fourth-order valence-electron chi connectivity index (χ4n) is 8.00. The van der Waals surface area contributed by atoms with E-state index in [1.54, 1.807) is 5.56 Å². The lowest BCUT2D eigenvalue weighted by atomic mass is 9.63. The lowest BCUT2D eigenvalue weighted by molar-refractivity contribution is 0.103. The summed E-state index contributed by atoms with van der Waals surface area (Å²) in [5.74, 6) is 0.926. The normalized spacial score (nSPS) is 18.9. The minimum atomic E-state index is 0.122. The zero-order valence-electron chi connectivity index (χ0n) is 23.4. The number of fused-ring (bicyclic) bond motifs is 3. The number of hydrogen-bond acceptors (Lipinski definition) is 1. The summed E-state index contributed by atoms with van der Waals surface area (Å²) in [7, 11) is 0. The Morgan fingerprint density at radius 2 is 1.42 bits per heavy atom. The fraction of sp³-hybridized carbons (Fsp3) is 0.472. The first-order chi connectivity index (χ1) is 18.6. The smallest absolute Gasteiger partial charge is 0.193 e. The molecule has 2 aliphatic carbocycles. The maximum atomic E-state index is 13.6. The van der Waals surface area contributed by atoms with E-state index < -0.39 is 0 Å². The molecule has 1 aromatic heterocycles. The van der Waals surface area contributed by atoms with Crippen molar-refractivity contribution < 1.29 is 4.79 Å². The van der Waals surface area contributed by atoms with Gasteiger partial charge < -0.3 is 4.57 Å². The van der Waals surface area contributed by atoms with Crippen molar-refractivity contribution in [2.24, 2.45) is 5.92 Å². The Morgan fingerprint density at radius 3 is 2.11 bits per heavy atom. The number of benzene rings is 3. The van der Waals surface area contributed by atoms with E-state index in [0.29, 0.717) is 5.41 Å². The first kappa shape index (κ1) is 25.4. The number of rotatable bonds is 5. The predicted molar refractivity (Wildman–Crippen MR) is 160 cm³/mol. The minimum Gasteiger partial charge on any atom is -0.341 e. The molecule has 2 saturated carbocycles. The molecule has 0 radical (unpaired) electrons. The van der Waals surface area contributed by atoms with Crippen LogP contribution in [0, 0.1) is 12.8 Å². The minimum absolute atomic E-state index is 0.122. The molecule has 0 bridgehead atoms. The van der Waals surface area contributed by atoms with E-state index in [1.165, 1.54) is 98.9 Å². The van der Waals surface area contributed by atoms with Crippen molar-refractivity contribution in [2.45, 2.75) is 103 Å². The zero-order chi connectivity index (χ0) is 26.1. The van der Waals surface area contributed by atoms with Crippen LogP contribution in [0.4, 0.5) is 0 Å². The fourth-order valence-corrected chi connectivity index (χ4v) is 8.00. The molecule has 0 aliphatic heterocycles. The number of ketones is 1. The lowest BCUT2D eigenvalue weighted by Gasteiger charge is -2.41. The Labute approximate surface area is 228 Å². The van der Waals surface area contributed by atoms with Gasteiger partial charge in [-0.15, -0.1) is 0 Å². The van der Waals surface area contributed by atoms with Gasteiger partial charge in [-0.3, -0.25) is 4.79 Å². The van der Waals surface area contributed by atoms with Crippen LogP contribution in [0.25, 0.3) is 21.8 Å². The van der Waals surface area contributed by atoms with Crippen LogP contribution in [-0.2, 0) is 12.0 Å². The van der Waals surface area contributed by atoms with Crippen molar-refractivity contribution in [1.29, 1.82) is 0 Å². The summed E-state index contributed by atoms with van der Waals surface area (Å²) in [5.41, 5.74) is 7.06. The first-order valence-corrected chi connectivity index (χ1v) is 15.3. The molecule has 2 fully saturated rings. The van der Waals surface area contributed by atoms with E-state index in [1.807, 2.05) is 37.3 Å². The van der Waals surface area contributed by atoms with E-state index in [-0.39, 0.29) is 5.78 Å². The Balaban J connectivity index is 1.51. The van der Waals surface area contributed by atoms with Gasteiger partial charge in [0.2, 0.25) is 0 Å². The topological polar surface area (TPSA) is 22.0 Å². The van der Waals surface area contributed by atoms with Crippen LogP contribution in [0.15, 0.2) is 60.7 Å². The van der Waals surface area contributed by atoms with E-state index in [9.17, 15) is 4.79 Å². The van der Waals surface area contributed by atoms with Crippen molar-refractivity contribution in [3.05, 3.63) is 82.9 Å². The molecule has 0 spiro atoms. The third kappa shape index (κ3) is 4.40. The number of aromatic nitrogens is 1. The van der Waals surface area contributed by atoms with Gasteiger partial charge in [0, 0.05) is 39.5 Å². The third-order valence-corrected chi connectivity index (χ3v) is 10.0. The first-order valence-electron chi connectivity index (χ1n) is 15.3. The maximum absolute atomic E-state index is 13.6. The molecule has 2 aliphatic rings. The summed E-state index contributed by atoms with van der Waals surface area (Å²) >= 11 is 0. The summed E-state index contributed by atoms with van der Waals surface area (Å²) in [5, 5.41) is 2.56. The van der Waals surface area contributed by atoms with Gasteiger partial charge in [-0.05, 0) is 92.3 Å². The molecular formula is C36H43NO. The van der Waals surface area contributed by atoms with Crippen molar-refractivity contribution in [1.82, 2.24) is 4.57 Å². The monoisotopic (exact) mass is 505 g/mol. The van der Waals surface area contributed by atoms with Crippen LogP contribution >= 0.6 is 0 Å². The van der Waals surface area contributed by atoms with Gasteiger partial charge in [-0.25, -0.2) is 0 Å². The number of nitrogens with zero attached hydrogens (tertiary/aromatic N) is 1. The van der Waals surface area contributed by atoms with E-state index in [2.05, 4.69) is 41.8 Å². The Hall–Kier alpha value is -2.87. The van der Waals surface area contributed by atoms with E-state index in [4.69, 9.17) is 0 Å². The average molecular weight is 506 g/mol. The van der Waals surface area contributed by atoms with Gasteiger partial charge in [0.15, 0.2) is 5.78 Å². The number of carbonyl (C=O) groups excluding carboxylic acids is 1. The number of aryl methyl sites for hydroxylation is 2. The molecule has 38 heavy (non-hydrogen) atoms. The van der Waals surface area contributed by atoms with Crippen LogP contribution in [0.5, 0.6) is 0 Å². The van der Waals surface area contributed by atoms with Crippen molar-refractivity contribution in [3.63, 3.8) is 0 Å². The molecule has 3 aromatic carbocycles. The van der Waals surface area contributed by atoms with Crippen LogP contribution < -0.4 is 0 Å². The molecule has 0 atom stereocenters. The maximum Gasteiger partial charge on any atom is 0.193 e. The molecule has 2 heteroatoms. The largest absolute Gasteiger partial charge is 0.341 e. The second-order valence-electron chi connectivity index (χ2n) is 12.1. The number of hydrogen-bond donors (Lipinski definition) is 0. The van der Waals surface area contributed by atoms with Crippen LogP contribution in [0.2, 0.25) is 0 Å². The molecule has 0 unspecified atom stereocenters. The molecule has 0 N–H and O–H groups in total. The highest BCUT2D eigenvalue weighted by molar-refractivity contribution is 6.15. The second-order valence-corrected chi connectivity index (χ2v) is 12.1. The standard InChI is InChI=1S/C36H43NO/c1-3-37-33-20-18-27(35(38)30-17-11-10-14-26(30)2)24-31(33)32-25-29(19-21-34(32)37)36(22-12-6-7-13-23-36)28-15-8-4-5-9-16-28/h10-11,14,17-21,24-25,28H,3-9,12-13,15-16,22-23H2,1-2H3. The summed E-state index contributed by atoms with van der Waals surface area (Å²) in [6, 6.07) is 21.8. The number of carbonyl (C=O) groups is 1. The van der Waals surface area contributed by atoms with Crippen molar-refractivity contribution in [2.75, 3.05) is 0 Å². The van der Waals surface area contributed by atoms with Gasteiger partial charge in [-0.1, -0.05) is 81.7 Å². The highest BCUT2D eigenvalue weighted by Gasteiger charge is 2.40. The van der Waals surface area contributed by atoms with Crippen molar-refractivity contribution in [3.8, 4) is 0 Å². The molecular weight excluding hydrogens is 462 g/mol. The molecule has 4 aromatic rings. The zero-order valence-corrected chi connectivity index (χ0v) is 23.4. The van der Waals surface area contributed by atoms with Gasteiger partial charge in [0.25, 0.3) is 0 Å². The summed E-state index contributed by atoms with van der Waals surface area (Å²) in [6.07, 6.45) is 16.6. The van der Waals surface area contributed by atoms with E-state index >= 15 is 0 Å². The molecule has 0 saturated heterocycles. The average Bonchev–Trinajstić information content (AvgIpc) is 3.19. The molecule has 6 rings (SSSR count). The van der Waals surface area contributed by atoms with E-state index in [0.717, 1.165) is 29.2 Å². The van der Waals surface area contributed by atoms with Crippen LogP contribution in [-0.4, -0.2) is 10.4 Å². The summed E-state index contributed by atoms with van der Waals surface area (Å²) in [4.78, 5) is 13.6. The molecule has 1 heterocycles. The van der Waals surface area contributed by atoms with Gasteiger partial charge in [0.1, 0.15) is 0 Å². The molecule has 198 valence electrons. The predicted octanol–water partition coefficient (Wildman–Crippen LogP) is 9.92.